The quantitative estimate of drug-likeness (QED) is 0.795. The summed E-state index contributed by atoms with van der Waals surface area (Å²) in [5, 5.41) is 9.36. The zero-order chi connectivity index (χ0) is 10.5. The molecule has 0 saturated carbocycles. The molecule has 0 amide bonds. The smallest absolute Gasteiger partial charge is 0.0945 e. The average Bonchev–Trinajstić information content (AvgIpc) is 2.74. The number of piperidine rings is 1. The van der Waals surface area contributed by atoms with Gasteiger partial charge in [-0.15, -0.1) is 0 Å². The van der Waals surface area contributed by atoms with Crippen LogP contribution in [-0.4, -0.2) is 45.3 Å². The van der Waals surface area contributed by atoms with Gasteiger partial charge in [-0.2, -0.15) is 0 Å². The number of aliphatic hydroxyl groups is 1. The summed E-state index contributed by atoms with van der Waals surface area (Å²) in [6.07, 6.45) is 8.65. The predicted octanol–water partition coefficient (Wildman–Crippen LogP) is 0.730. The third kappa shape index (κ3) is 3.32. The fourth-order valence-corrected chi connectivity index (χ4v) is 2.04. The van der Waals surface area contributed by atoms with Crippen LogP contribution in [0.5, 0.6) is 0 Å². The van der Waals surface area contributed by atoms with Gasteiger partial charge in [-0.1, -0.05) is 0 Å². The third-order valence-corrected chi connectivity index (χ3v) is 3.01. The van der Waals surface area contributed by atoms with Gasteiger partial charge in [0, 0.05) is 32.0 Å². The van der Waals surface area contributed by atoms with Crippen LogP contribution >= 0.6 is 0 Å². The Balaban J connectivity index is 1.62. The molecular weight excluding hydrogens is 190 g/mol. The Bertz CT molecular complexity index is 265. The van der Waals surface area contributed by atoms with Crippen molar-refractivity contribution >= 4 is 0 Å². The molecule has 0 atom stereocenters. The Kier molecular flexibility index (Phi) is 3.75. The van der Waals surface area contributed by atoms with Crippen molar-refractivity contribution in [3.63, 3.8) is 0 Å². The van der Waals surface area contributed by atoms with Crippen molar-refractivity contribution in [1.82, 2.24) is 14.5 Å². The minimum Gasteiger partial charge on any atom is -0.393 e. The molecule has 1 fully saturated rings. The highest BCUT2D eigenvalue weighted by Crippen LogP contribution is 2.10. The van der Waals surface area contributed by atoms with E-state index in [4.69, 9.17) is 0 Å². The van der Waals surface area contributed by atoms with Crippen LogP contribution in [-0.2, 0) is 6.54 Å². The molecule has 0 bridgehead atoms. The fourth-order valence-electron chi connectivity index (χ4n) is 2.04. The maximum absolute atomic E-state index is 9.36. The van der Waals surface area contributed by atoms with Gasteiger partial charge in [-0.25, -0.2) is 4.98 Å². The minimum absolute atomic E-state index is 0.0603. The van der Waals surface area contributed by atoms with Gasteiger partial charge in [0.15, 0.2) is 0 Å². The second-order valence-corrected chi connectivity index (χ2v) is 4.23. The number of hydrogen-bond acceptors (Lipinski definition) is 3. The number of imidazole rings is 1. The second-order valence-electron chi connectivity index (χ2n) is 4.23. The maximum Gasteiger partial charge on any atom is 0.0945 e. The largest absolute Gasteiger partial charge is 0.393 e. The van der Waals surface area contributed by atoms with Gasteiger partial charge in [0.2, 0.25) is 0 Å². The van der Waals surface area contributed by atoms with Crippen molar-refractivity contribution in [3.8, 4) is 0 Å². The summed E-state index contributed by atoms with van der Waals surface area (Å²) < 4.78 is 2.11. The van der Waals surface area contributed by atoms with E-state index in [1.54, 1.807) is 0 Å². The Morgan fingerprint density at radius 2 is 2.07 bits per heavy atom. The number of aryl methyl sites for hydroxylation is 1. The first-order chi connectivity index (χ1) is 7.34. The Morgan fingerprint density at radius 1 is 1.27 bits per heavy atom. The zero-order valence-electron chi connectivity index (χ0n) is 9.05. The van der Waals surface area contributed by atoms with Crippen molar-refractivity contribution in [2.24, 2.45) is 0 Å². The number of nitrogens with zero attached hydrogens (tertiary/aromatic N) is 3. The zero-order valence-corrected chi connectivity index (χ0v) is 9.05. The summed E-state index contributed by atoms with van der Waals surface area (Å²) in [6.45, 7) is 4.26. The molecule has 84 valence electrons. The molecule has 0 aliphatic carbocycles. The highest BCUT2D eigenvalue weighted by molar-refractivity contribution is 4.75. The molecule has 2 heterocycles. The first-order valence-electron chi connectivity index (χ1n) is 5.71. The van der Waals surface area contributed by atoms with Crippen LogP contribution < -0.4 is 0 Å². The molecule has 0 unspecified atom stereocenters. The third-order valence-electron chi connectivity index (χ3n) is 3.01. The summed E-state index contributed by atoms with van der Waals surface area (Å²) in [7, 11) is 0. The standard InChI is InChI=1S/C11H19N3O/c15-11-2-7-13(8-3-11)5-1-6-14-9-4-12-10-14/h4,9-11,15H,1-3,5-8H2. The summed E-state index contributed by atoms with van der Waals surface area (Å²) in [6, 6.07) is 0. The van der Waals surface area contributed by atoms with Crippen LogP contribution in [0.15, 0.2) is 18.7 Å². The molecule has 1 aliphatic rings. The lowest BCUT2D eigenvalue weighted by molar-refractivity contribution is 0.0815. The van der Waals surface area contributed by atoms with Gasteiger partial charge in [0.1, 0.15) is 0 Å². The van der Waals surface area contributed by atoms with E-state index in [1.807, 2.05) is 18.7 Å². The van der Waals surface area contributed by atoms with Crippen LogP contribution in [0.2, 0.25) is 0 Å². The van der Waals surface area contributed by atoms with Gasteiger partial charge in [0.25, 0.3) is 0 Å². The van der Waals surface area contributed by atoms with Crippen LogP contribution in [0.1, 0.15) is 19.3 Å². The van der Waals surface area contributed by atoms with Crippen molar-refractivity contribution in [1.29, 1.82) is 0 Å². The number of likely N-dealkylation sites (tertiary alicyclic amines) is 1. The first-order valence-corrected chi connectivity index (χ1v) is 5.71. The molecule has 2 rings (SSSR count). The van der Waals surface area contributed by atoms with E-state index in [0.717, 1.165) is 45.4 Å². The molecule has 0 radical (unpaired) electrons. The lowest BCUT2D eigenvalue weighted by Crippen LogP contribution is -2.36. The molecule has 1 aliphatic heterocycles. The summed E-state index contributed by atoms with van der Waals surface area (Å²) in [5.74, 6) is 0. The van der Waals surface area contributed by atoms with Crippen LogP contribution in [0.25, 0.3) is 0 Å². The van der Waals surface area contributed by atoms with E-state index in [9.17, 15) is 5.11 Å². The van der Waals surface area contributed by atoms with Gasteiger partial charge >= 0.3 is 0 Å². The lowest BCUT2D eigenvalue weighted by atomic mass is 10.1. The molecule has 4 heteroatoms. The van der Waals surface area contributed by atoms with E-state index >= 15 is 0 Å². The van der Waals surface area contributed by atoms with Crippen LogP contribution in [0, 0.1) is 0 Å². The number of aliphatic hydroxyl groups excluding tert-OH is 1. The average molecular weight is 209 g/mol. The van der Waals surface area contributed by atoms with E-state index in [1.165, 1.54) is 0 Å². The van der Waals surface area contributed by atoms with Crippen LogP contribution in [0.3, 0.4) is 0 Å². The van der Waals surface area contributed by atoms with Gasteiger partial charge in [0.05, 0.1) is 12.4 Å². The number of aromatic nitrogens is 2. The number of rotatable bonds is 4. The normalized spacial score (nSPS) is 19.5. The van der Waals surface area contributed by atoms with Crippen molar-refractivity contribution in [3.05, 3.63) is 18.7 Å². The van der Waals surface area contributed by atoms with Gasteiger partial charge in [-0.3, -0.25) is 0 Å². The topological polar surface area (TPSA) is 41.3 Å². The number of hydrogen-bond donors (Lipinski definition) is 1. The molecule has 1 N–H and O–H groups in total. The molecule has 15 heavy (non-hydrogen) atoms. The monoisotopic (exact) mass is 209 g/mol. The van der Waals surface area contributed by atoms with Crippen molar-refractivity contribution < 1.29 is 5.11 Å². The summed E-state index contributed by atoms with van der Waals surface area (Å²) in [4.78, 5) is 6.45. The SMILES string of the molecule is OC1CCN(CCCn2ccnc2)CC1. The van der Waals surface area contributed by atoms with Gasteiger partial charge in [-0.05, 0) is 25.8 Å². The summed E-state index contributed by atoms with van der Waals surface area (Å²) in [5.41, 5.74) is 0. The van der Waals surface area contributed by atoms with E-state index in [-0.39, 0.29) is 6.10 Å². The molecular formula is C11H19N3O. The molecule has 0 aromatic carbocycles. The van der Waals surface area contributed by atoms with E-state index in [2.05, 4.69) is 14.5 Å². The van der Waals surface area contributed by atoms with E-state index < -0.39 is 0 Å². The molecule has 1 saturated heterocycles. The molecule has 1 aromatic rings. The predicted molar refractivity (Wildman–Crippen MR) is 58.5 cm³/mol. The highest BCUT2D eigenvalue weighted by Gasteiger charge is 2.15. The van der Waals surface area contributed by atoms with Crippen molar-refractivity contribution in [2.45, 2.75) is 31.9 Å². The van der Waals surface area contributed by atoms with Crippen molar-refractivity contribution in [2.75, 3.05) is 19.6 Å². The Hall–Kier alpha value is -0.870. The molecule has 1 aromatic heterocycles. The fraction of sp³-hybridized carbons (Fsp3) is 0.727. The minimum atomic E-state index is -0.0603. The van der Waals surface area contributed by atoms with Crippen LogP contribution in [0.4, 0.5) is 0 Å². The maximum atomic E-state index is 9.36. The first kappa shape index (κ1) is 10.6. The lowest BCUT2D eigenvalue weighted by Gasteiger charge is -2.29. The highest BCUT2D eigenvalue weighted by atomic mass is 16.3. The van der Waals surface area contributed by atoms with Gasteiger partial charge < -0.3 is 14.6 Å². The second kappa shape index (κ2) is 5.28. The molecule has 0 spiro atoms. The summed E-state index contributed by atoms with van der Waals surface area (Å²) >= 11 is 0. The molecule has 4 nitrogen and oxygen atoms in total. The Labute approximate surface area is 90.5 Å². The van der Waals surface area contributed by atoms with E-state index in [0.29, 0.717) is 0 Å². The Morgan fingerprint density at radius 3 is 2.73 bits per heavy atom.